The number of hydrogen-bond donors (Lipinski definition) is 1. The Balaban J connectivity index is 2.13. The molecule has 1 saturated carbocycles. The minimum Gasteiger partial charge on any atom is -0.307 e. The maximum Gasteiger partial charge on any atom is 0.0371 e. The predicted molar refractivity (Wildman–Crippen MR) is 83.2 cm³/mol. The fraction of sp³-hybridized carbons (Fsp3) is 0.667. The number of benzene rings is 1. The molecule has 1 N–H and O–H groups in total. The summed E-state index contributed by atoms with van der Waals surface area (Å²) in [5.74, 6) is 0. The van der Waals surface area contributed by atoms with Crippen LogP contribution in [0.25, 0.3) is 0 Å². The molecule has 1 aromatic rings. The van der Waals surface area contributed by atoms with Crippen molar-refractivity contribution in [3.05, 3.63) is 35.9 Å². The Morgan fingerprint density at radius 1 is 1.16 bits per heavy atom. The third kappa shape index (κ3) is 3.82. The van der Waals surface area contributed by atoms with Crippen LogP contribution in [0.3, 0.4) is 0 Å². The summed E-state index contributed by atoms with van der Waals surface area (Å²) in [4.78, 5) is 0. The van der Waals surface area contributed by atoms with Gasteiger partial charge in [-0.3, -0.25) is 0 Å². The van der Waals surface area contributed by atoms with E-state index in [2.05, 4.69) is 70.3 Å². The highest BCUT2D eigenvalue weighted by molar-refractivity contribution is 5.21. The number of nitrogens with one attached hydrogen (secondary N) is 1. The topological polar surface area (TPSA) is 12.0 Å². The van der Waals surface area contributed by atoms with E-state index >= 15 is 0 Å². The van der Waals surface area contributed by atoms with E-state index in [0.717, 1.165) is 0 Å². The van der Waals surface area contributed by atoms with Crippen LogP contribution in [0.1, 0.15) is 65.5 Å². The fourth-order valence-electron chi connectivity index (χ4n) is 3.31. The SMILES string of the molecule is CC1(C)CCC(NC(c2ccccc2)C(C)(C)C)C1. The molecule has 1 aromatic carbocycles. The highest BCUT2D eigenvalue weighted by atomic mass is 15.0. The van der Waals surface area contributed by atoms with Crippen molar-refractivity contribution in [3.63, 3.8) is 0 Å². The van der Waals surface area contributed by atoms with Gasteiger partial charge in [-0.05, 0) is 35.7 Å². The molecule has 1 fully saturated rings. The monoisotopic (exact) mass is 259 g/mol. The van der Waals surface area contributed by atoms with Gasteiger partial charge in [0.15, 0.2) is 0 Å². The minimum atomic E-state index is 0.244. The lowest BCUT2D eigenvalue weighted by Gasteiger charge is -2.35. The summed E-state index contributed by atoms with van der Waals surface area (Å²) in [6.45, 7) is 11.8. The van der Waals surface area contributed by atoms with Crippen molar-refractivity contribution in [1.82, 2.24) is 5.32 Å². The summed E-state index contributed by atoms with van der Waals surface area (Å²) in [5.41, 5.74) is 2.17. The molecule has 0 amide bonds. The van der Waals surface area contributed by atoms with E-state index in [4.69, 9.17) is 0 Å². The van der Waals surface area contributed by atoms with Gasteiger partial charge in [-0.2, -0.15) is 0 Å². The van der Waals surface area contributed by atoms with Gasteiger partial charge < -0.3 is 5.32 Å². The molecule has 1 heteroatoms. The molecule has 1 nitrogen and oxygen atoms in total. The van der Waals surface area contributed by atoms with E-state index < -0.39 is 0 Å². The average Bonchev–Trinajstić information content (AvgIpc) is 2.65. The zero-order chi connectivity index (χ0) is 14.1. The summed E-state index contributed by atoms with van der Waals surface area (Å²) in [5, 5.41) is 3.93. The first-order valence-corrected chi connectivity index (χ1v) is 7.59. The first-order valence-electron chi connectivity index (χ1n) is 7.59. The van der Waals surface area contributed by atoms with Gasteiger partial charge in [0.05, 0.1) is 0 Å². The smallest absolute Gasteiger partial charge is 0.0371 e. The Morgan fingerprint density at radius 3 is 2.26 bits per heavy atom. The van der Waals surface area contributed by atoms with Crippen molar-refractivity contribution in [2.45, 2.75) is 66.0 Å². The maximum absolute atomic E-state index is 3.93. The predicted octanol–water partition coefficient (Wildman–Crippen LogP) is 4.94. The van der Waals surface area contributed by atoms with Gasteiger partial charge in [0, 0.05) is 12.1 Å². The van der Waals surface area contributed by atoms with E-state index in [1.165, 1.54) is 24.8 Å². The molecule has 0 aromatic heterocycles. The Bertz CT molecular complexity index is 399. The molecule has 106 valence electrons. The number of rotatable bonds is 3. The first kappa shape index (κ1) is 14.6. The molecule has 2 atom stereocenters. The maximum atomic E-state index is 3.93. The quantitative estimate of drug-likeness (QED) is 0.810. The van der Waals surface area contributed by atoms with Crippen molar-refractivity contribution >= 4 is 0 Å². The molecular formula is C18H29N. The molecule has 0 spiro atoms. The largest absolute Gasteiger partial charge is 0.307 e. The second-order valence-corrected chi connectivity index (χ2v) is 7.98. The molecule has 1 aliphatic rings. The van der Waals surface area contributed by atoms with Crippen LogP contribution < -0.4 is 5.32 Å². The summed E-state index contributed by atoms with van der Waals surface area (Å²) in [6, 6.07) is 12.0. The van der Waals surface area contributed by atoms with Gasteiger partial charge in [-0.1, -0.05) is 65.0 Å². The van der Waals surface area contributed by atoms with Crippen molar-refractivity contribution in [2.24, 2.45) is 10.8 Å². The molecule has 2 rings (SSSR count). The van der Waals surface area contributed by atoms with E-state index in [1.807, 2.05) is 0 Å². The molecule has 19 heavy (non-hydrogen) atoms. The highest BCUT2D eigenvalue weighted by Crippen LogP contribution is 2.40. The Kier molecular flexibility index (Phi) is 4.06. The third-order valence-electron chi connectivity index (χ3n) is 4.37. The van der Waals surface area contributed by atoms with E-state index in [9.17, 15) is 0 Å². The fourth-order valence-corrected chi connectivity index (χ4v) is 3.31. The average molecular weight is 259 g/mol. The van der Waals surface area contributed by atoms with Crippen LogP contribution in [0, 0.1) is 10.8 Å². The van der Waals surface area contributed by atoms with Gasteiger partial charge in [0.25, 0.3) is 0 Å². The van der Waals surface area contributed by atoms with Gasteiger partial charge in [-0.25, -0.2) is 0 Å². The zero-order valence-corrected chi connectivity index (χ0v) is 13.2. The van der Waals surface area contributed by atoms with Crippen molar-refractivity contribution in [2.75, 3.05) is 0 Å². The Labute approximate surface area is 118 Å². The lowest BCUT2D eigenvalue weighted by molar-refractivity contribution is 0.242. The van der Waals surface area contributed by atoms with E-state index in [0.29, 0.717) is 17.5 Å². The van der Waals surface area contributed by atoms with Gasteiger partial charge >= 0.3 is 0 Å². The van der Waals surface area contributed by atoms with Gasteiger partial charge in [0.2, 0.25) is 0 Å². The van der Waals surface area contributed by atoms with Crippen LogP contribution >= 0.6 is 0 Å². The molecule has 0 heterocycles. The van der Waals surface area contributed by atoms with Crippen LogP contribution in [0.15, 0.2) is 30.3 Å². The van der Waals surface area contributed by atoms with Crippen LogP contribution in [0.2, 0.25) is 0 Å². The van der Waals surface area contributed by atoms with Crippen LogP contribution in [0.4, 0.5) is 0 Å². The third-order valence-corrected chi connectivity index (χ3v) is 4.37. The van der Waals surface area contributed by atoms with Crippen molar-refractivity contribution in [1.29, 1.82) is 0 Å². The molecule has 0 bridgehead atoms. The number of hydrogen-bond acceptors (Lipinski definition) is 1. The molecular weight excluding hydrogens is 230 g/mol. The van der Waals surface area contributed by atoms with Gasteiger partial charge in [-0.15, -0.1) is 0 Å². The van der Waals surface area contributed by atoms with Gasteiger partial charge in [0.1, 0.15) is 0 Å². The van der Waals surface area contributed by atoms with Crippen molar-refractivity contribution < 1.29 is 0 Å². The van der Waals surface area contributed by atoms with E-state index in [-0.39, 0.29) is 5.41 Å². The Hall–Kier alpha value is -0.820. The summed E-state index contributed by atoms with van der Waals surface area (Å²) in [7, 11) is 0. The second-order valence-electron chi connectivity index (χ2n) is 7.98. The summed E-state index contributed by atoms with van der Waals surface area (Å²) >= 11 is 0. The second kappa shape index (κ2) is 5.28. The van der Waals surface area contributed by atoms with Crippen LogP contribution in [-0.2, 0) is 0 Å². The molecule has 0 radical (unpaired) electrons. The zero-order valence-electron chi connectivity index (χ0n) is 13.2. The van der Waals surface area contributed by atoms with Crippen LogP contribution in [-0.4, -0.2) is 6.04 Å². The minimum absolute atomic E-state index is 0.244. The Morgan fingerprint density at radius 2 is 1.79 bits per heavy atom. The standard InChI is InChI=1S/C18H29N/c1-17(2,3)16(14-9-7-6-8-10-14)19-15-11-12-18(4,5)13-15/h6-10,15-16,19H,11-13H2,1-5H3. The molecule has 0 aliphatic heterocycles. The normalized spacial score (nSPS) is 24.4. The highest BCUT2D eigenvalue weighted by Gasteiger charge is 2.35. The lowest BCUT2D eigenvalue weighted by atomic mass is 9.81. The lowest BCUT2D eigenvalue weighted by Crippen LogP contribution is -2.38. The van der Waals surface area contributed by atoms with E-state index in [1.54, 1.807) is 0 Å². The summed E-state index contributed by atoms with van der Waals surface area (Å²) < 4.78 is 0. The first-order chi connectivity index (χ1) is 8.78. The molecule has 0 saturated heterocycles. The summed E-state index contributed by atoms with van der Waals surface area (Å²) in [6.07, 6.45) is 3.95. The van der Waals surface area contributed by atoms with Crippen LogP contribution in [0.5, 0.6) is 0 Å². The van der Waals surface area contributed by atoms with Crippen molar-refractivity contribution in [3.8, 4) is 0 Å². The molecule has 1 aliphatic carbocycles. The molecule has 2 unspecified atom stereocenters.